The van der Waals surface area contributed by atoms with Gasteiger partial charge in [0.25, 0.3) is 0 Å². The van der Waals surface area contributed by atoms with Gasteiger partial charge in [-0.1, -0.05) is 64.7 Å². The van der Waals surface area contributed by atoms with Crippen LogP contribution in [0.5, 0.6) is 0 Å². The normalized spacial score (nSPS) is 11.1. The Balaban J connectivity index is -0.00000220. The summed E-state index contributed by atoms with van der Waals surface area (Å²) >= 11 is 0. The number of rotatable bonds is 15. The molecule has 0 heterocycles. The number of hydrogen-bond donors (Lipinski definition) is 2. The van der Waals surface area contributed by atoms with E-state index >= 15 is 0 Å². The van der Waals surface area contributed by atoms with Crippen LogP contribution >= 0.6 is 0 Å². The summed E-state index contributed by atoms with van der Waals surface area (Å²) in [7, 11) is 0. The first-order valence-corrected chi connectivity index (χ1v) is 8.72. The van der Waals surface area contributed by atoms with E-state index in [0.717, 1.165) is 12.8 Å². The van der Waals surface area contributed by atoms with Gasteiger partial charge in [0.05, 0.1) is 6.61 Å². The monoisotopic (exact) mass is 379 g/mol. The van der Waals surface area contributed by atoms with Gasteiger partial charge < -0.3 is 15.6 Å². The second-order valence-electron chi connectivity index (χ2n) is 5.89. The van der Waals surface area contributed by atoms with Crippen LogP contribution in [-0.2, 0) is 14.3 Å². The zero-order chi connectivity index (χ0) is 16.6. The number of nitrogens with two attached hydrogens (primary N) is 1. The first-order valence-electron chi connectivity index (χ1n) is 8.72. The fourth-order valence-corrected chi connectivity index (χ4v) is 2.24. The molecule has 1 atom stereocenters. The van der Waals surface area contributed by atoms with Crippen LogP contribution in [0.25, 0.3) is 0 Å². The zero-order valence-corrected chi connectivity index (χ0v) is 14.0. The van der Waals surface area contributed by atoms with Gasteiger partial charge in [-0.25, -0.2) is 0 Å². The second-order valence-corrected chi connectivity index (χ2v) is 5.89. The molecule has 0 aliphatic heterocycles. The average molecular weight is 380 g/mol. The Bertz CT molecular complexity index is 306. The van der Waals surface area contributed by atoms with Gasteiger partial charge in [0.2, 0.25) is 0 Å². The van der Waals surface area contributed by atoms with Crippen molar-refractivity contribution >= 4 is 92.9 Å². The zero-order valence-electron chi connectivity index (χ0n) is 14.0. The molecule has 0 bridgehead atoms. The van der Waals surface area contributed by atoms with Gasteiger partial charge in [0, 0.05) is 6.42 Å². The molecule has 0 aromatic carbocycles. The standard InChI is InChI=1S/C17H33NO4.K.Na.2H/c1-2-3-4-5-6-7-8-9-10-11-14-22-16(19)13-12-15(18)17(20)21;;;;/h15H,2-14,18H2,1H3,(H,20,21);;;;/t15-;;;;/m0..../s1. The molecule has 0 aromatic rings. The van der Waals surface area contributed by atoms with Crippen LogP contribution in [-0.4, -0.2) is 111 Å². The first kappa shape index (κ1) is 30.3. The summed E-state index contributed by atoms with van der Waals surface area (Å²) < 4.78 is 5.06. The van der Waals surface area contributed by atoms with Crippen molar-refractivity contribution in [1.29, 1.82) is 0 Å². The van der Waals surface area contributed by atoms with Gasteiger partial charge in [-0.2, -0.15) is 0 Å². The third kappa shape index (κ3) is 21.6. The fraction of sp³-hybridized carbons (Fsp3) is 0.882. The fourth-order valence-electron chi connectivity index (χ4n) is 2.24. The van der Waals surface area contributed by atoms with Crippen molar-refractivity contribution in [1.82, 2.24) is 0 Å². The predicted octanol–water partition coefficient (Wildman–Crippen LogP) is 2.35. The van der Waals surface area contributed by atoms with Gasteiger partial charge >= 0.3 is 92.9 Å². The Labute approximate surface area is 211 Å². The van der Waals surface area contributed by atoms with Crippen LogP contribution in [0.2, 0.25) is 0 Å². The van der Waals surface area contributed by atoms with Gasteiger partial charge in [0.1, 0.15) is 6.04 Å². The number of carbonyl (C=O) groups is 2. The van der Waals surface area contributed by atoms with E-state index in [1.54, 1.807) is 0 Å². The Morgan fingerprint density at radius 1 is 0.958 bits per heavy atom. The minimum atomic E-state index is -1.08. The van der Waals surface area contributed by atoms with E-state index in [0.29, 0.717) is 6.61 Å². The SMILES string of the molecule is CCCCCCCCCCCCOC(=O)CC[C@H](N)C(=O)O.[KH].[NaH]. The Hall–Kier alpha value is 1.54. The summed E-state index contributed by atoms with van der Waals surface area (Å²) in [5.74, 6) is -1.44. The van der Waals surface area contributed by atoms with Crippen LogP contribution < -0.4 is 5.73 Å². The summed E-state index contributed by atoms with van der Waals surface area (Å²) in [5, 5.41) is 8.59. The Morgan fingerprint density at radius 2 is 1.42 bits per heavy atom. The van der Waals surface area contributed by atoms with Crippen molar-refractivity contribution in [3.8, 4) is 0 Å². The molecule has 0 aliphatic rings. The van der Waals surface area contributed by atoms with Crippen LogP contribution in [0.15, 0.2) is 0 Å². The summed E-state index contributed by atoms with van der Waals surface area (Å²) in [6, 6.07) is -0.982. The molecule has 0 spiro atoms. The van der Waals surface area contributed by atoms with Crippen LogP contribution in [0.4, 0.5) is 0 Å². The summed E-state index contributed by atoms with van der Waals surface area (Å²) in [6.07, 6.45) is 12.6. The van der Waals surface area contributed by atoms with Crippen LogP contribution in [0.3, 0.4) is 0 Å². The van der Waals surface area contributed by atoms with Gasteiger partial charge in [-0.05, 0) is 12.8 Å². The molecule has 0 saturated heterocycles. The van der Waals surface area contributed by atoms with Crippen molar-refractivity contribution in [2.75, 3.05) is 6.61 Å². The number of carboxylic acid groups (broad SMARTS) is 1. The number of carbonyl (C=O) groups excluding carboxylic acids is 1. The molecule has 134 valence electrons. The van der Waals surface area contributed by atoms with E-state index in [1.807, 2.05) is 0 Å². The van der Waals surface area contributed by atoms with Crippen molar-refractivity contribution in [3.63, 3.8) is 0 Å². The molecular weight excluding hydrogens is 344 g/mol. The molecule has 7 heteroatoms. The molecule has 0 amide bonds. The quantitative estimate of drug-likeness (QED) is 0.259. The van der Waals surface area contributed by atoms with Crippen LogP contribution in [0.1, 0.15) is 84.0 Å². The van der Waals surface area contributed by atoms with Gasteiger partial charge in [-0.15, -0.1) is 0 Å². The van der Waals surface area contributed by atoms with Crippen LogP contribution in [0, 0.1) is 0 Å². The van der Waals surface area contributed by atoms with Crippen molar-refractivity contribution < 1.29 is 19.4 Å². The minimum absolute atomic E-state index is 0. The predicted molar refractivity (Wildman–Crippen MR) is 102 cm³/mol. The molecule has 0 saturated carbocycles. The molecule has 24 heavy (non-hydrogen) atoms. The summed E-state index contributed by atoms with van der Waals surface area (Å²) in [5.41, 5.74) is 5.32. The Kier molecular flexibility index (Phi) is 28.5. The molecule has 0 unspecified atom stereocenters. The van der Waals surface area contributed by atoms with E-state index in [-0.39, 0.29) is 99.8 Å². The molecule has 5 nitrogen and oxygen atoms in total. The van der Waals surface area contributed by atoms with E-state index in [4.69, 9.17) is 15.6 Å². The van der Waals surface area contributed by atoms with Gasteiger partial charge in [0.15, 0.2) is 0 Å². The second kappa shape index (κ2) is 22.6. The number of aliphatic carboxylic acids is 1. The molecule has 0 aromatic heterocycles. The molecule has 0 fully saturated rings. The maximum absolute atomic E-state index is 11.4. The molecular formula is C17H35KNNaO4. The van der Waals surface area contributed by atoms with E-state index < -0.39 is 12.0 Å². The number of carboxylic acids is 1. The maximum atomic E-state index is 11.4. The number of ether oxygens (including phenoxy) is 1. The molecule has 3 N–H and O–H groups in total. The van der Waals surface area contributed by atoms with E-state index in [2.05, 4.69) is 6.92 Å². The van der Waals surface area contributed by atoms with E-state index in [1.165, 1.54) is 51.4 Å². The topological polar surface area (TPSA) is 89.6 Å². The van der Waals surface area contributed by atoms with Crippen molar-refractivity contribution in [2.45, 2.75) is 90.0 Å². The van der Waals surface area contributed by atoms with Crippen molar-refractivity contribution in [2.24, 2.45) is 5.73 Å². The van der Waals surface area contributed by atoms with Crippen molar-refractivity contribution in [3.05, 3.63) is 0 Å². The molecule has 0 aliphatic carbocycles. The number of esters is 1. The van der Waals surface area contributed by atoms with Gasteiger partial charge in [-0.3, -0.25) is 9.59 Å². The first-order chi connectivity index (χ1) is 10.6. The number of unbranched alkanes of at least 4 members (excludes halogenated alkanes) is 9. The Morgan fingerprint density at radius 3 is 1.88 bits per heavy atom. The summed E-state index contributed by atoms with van der Waals surface area (Å²) in [6.45, 7) is 2.66. The molecule has 0 rings (SSSR count). The third-order valence-corrected chi connectivity index (χ3v) is 3.74. The summed E-state index contributed by atoms with van der Waals surface area (Å²) in [4.78, 5) is 21.9. The van der Waals surface area contributed by atoms with E-state index in [9.17, 15) is 9.59 Å². The number of hydrogen-bond acceptors (Lipinski definition) is 4. The average Bonchev–Trinajstić information content (AvgIpc) is 2.50. The molecule has 0 radical (unpaired) electrons. The third-order valence-electron chi connectivity index (χ3n) is 3.74.